The van der Waals surface area contributed by atoms with E-state index in [1.54, 1.807) is 0 Å². The summed E-state index contributed by atoms with van der Waals surface area (Å²) in [4.78, 5) is 76.6. The predicted molar refractivity (Wildman–Crippen MR) is 162 cm³/mol. The minimum Gasteiger partial charge on any atom is -0.481 e. The van der Waals surface area contributed by atoms with Crippen molar-refractivity contribution >= 4 is 46.5 Å². The summed E-state index contributed by atoms with van der Waals surface area (Å²) in [7, 11) is 0. The van der Waals surface area contributed by atoms with Crippen LogP contribution in [0.25, 0.3) is 0 Å². The van der Waals surface area contributed by atoms with Crippen LogP contribution in [-0.2, 0) is 40.9 Å². The molecule has 4 amide bonds. The van der Waals surface area contributed by atoms with Crippen molar-refractivity contribution in [2.24, 2.45) is 0 Å². The van der Waals surface area contributed by atoms with E-state index in [0.717, 1.165) is 22.9 Å². The molecule has 0 unspecified atom stereocenters. The second-order valence-electron chi connectivity index (χ2n) is 10.4. The Hall–Kier alpha value is -4.19. The standard InChI is InChI=1S/C31H38N4O7S/c1-20(32-26(36)15-16-27(37)38)28(39)33-21(2)30(41)35-17-9-14-25(35)29(40)34-24(18-22-10-5-3-6-11-22)31(42)43-19-23-12-7-4-8-13-23/h3-8,10-13,20-21,24-25H,9,14-19H2,1-2H3,(H,32,36)(H,33,39)(H,34,40)(H,37,38)/t20-,21+,24+,25+/m0/s1. The van der Waals surface area contributed by atoms with Gasteiger partial charge in [0.15, 0.2) is 0 Å². The molecule has 2 aromatic rings. The highest BCUT2D eigenvalue weighted by molar-refractivity contribution is 8.13. The lowest BCUT2D eigenvalue weighted by atomic mass is 10.1. The van der Waals surface area contributed by atoms with E-state index in [9.17, 15) is 28.8 Å². The summed E-state index contributed by atoms with van der Waals surface area (Å²) < 4.78 is 0. The van der Waals surface area contributed by atoms with Gasteiger partial charge in [-0.15, -0.1) is 0 Å². The number of carbonyl (C=O) groups excluding carboxylic acids is 5. The first kappa shape index (κ1) is 33.3. The van der Waals surface area contributed by atoms with E-state index in [0.29, 0.717) is 31.6 Å². The third-order valence-corrected chi connectivity index (χ3v) is 8.06. The Labute approximate surface area is 255 Å². The van der Waals surface area contributed by atoms with E-state index in [1.807, 2.05) is 60.7 Å². The van der Waals surface area contributed by atoms with Crippen molar-refractivity contribution in [1.82, 2.24) is 20.9 Å². The number of benzene rings is 2. The Balaban J connectivity index is 1.61. The molecule has 1 aliphatic heterocycles. The van der Waals surface area contributed by atoms with Crippen molar-refractivity contribution in [3.8, 4) is 0 Å². The maximum Gasteiger partial charge on any atom is 0.303 e. The fraction of sp³-hybridized carbons (Fsp3) is 0.419. The number of carbonyl (C=O) groups is 6. The molecule has 1 heterocycles. The molecule has 230 valence electrons. The van der Waals surface area contributed by atoms with Crippen LogP contribution in [0.3, 0.4) is 0 Å². The monoisotopic (exact) mass is 610 g/mol. The Kier molecular flexibility index (Phi) is 12.7. The molecule has 1 aliphatic rings. The minimum absolute atomic E-state index is 0.183. The number of rotatable bonds is 14. The zero-order valence-electron chi connectivity index (χ0n) is 24.3. The summed E-state index contributed by atoms with van der Waals surface area (Å²) in [6.45, 7) is 3.24. The number of amides is 4. The zero-order chi connectivity index (χ0) is 31.4. The van der Waals surface area contributed by atoms with Gasteiger partial charge in [-0.1, -0.05) is 72.4 Å². The quantitative estimate of drug-likeness (QED) is 0.253. The van der Waals surface area contributed by atoms with Crippen molar-refractivity contribution in [1.29, 1.82) is 0 Å². The van der Waals surface area contributed by atoms with Crippen LogP contribution in [0, 0.1) is 0 Å². The smallest absolute Gasteiger partial charge is 0.303 e. The molecule has 2 aromatic carbocycles. The number of carboxylic acid groups (broad SMARTS) is 1. The van der Waals surface area contributed by atoms with Crippen LogP contribution in [0.5, 0.6) is 0 Å². The van der Waals surface area contributed by atoms with Crippen molar-refractivity contribution in [2.45, 2.75) is 75.9 Å². The topological polar surface area (TPSA) is 162 Å². The highest BCUT2D eigenvalue weighted by atomic mass is 32.2. The van der Waals surface area contributed by atoms with Crippen LogP contribution in [-0.4, -0.2) is 75.4 Å². The summed E-state index contributed by atoms with van der Waals surface area (Å²) in [6, 6.07) is 15.4. The summed E-state index contributed by atoms with van der Waals surface area (Å²) in [5, 5.41) is 16.4. The van der Waals surface area contributed by atoms with Gasteiger partial charge < -0.3 is 26.0 Å². The number of hydrogen-bond acceptors (Lipinski definition) is 7. The maximum atomic E-state index is 13.5. The number of carboxylic acids is 1. The molecule has 4 atom stereocenters. The first-order chi connectivity index (χ1) is 20.5. The molecule has 4 N–H and O–H groups in total. The predicted octanol–water partition coefficient (Wildman–Crippen LogP) is 2.04. The van der Waals surface area contributed by atoms with E-state index in [4.69, 9.17) is 5.11 Å². The molecule has 0 saturated carbocycles. The number of nitrogens with zero attached hydrogens (tertiary/aromatic N) is 1. The van der Waals surface area contributed by atoms with Crippen molar-refractivity contribution in [2.75, 3.05) is 6.54 Å². The summed E-state index contributed by atoms with van der Waals surface area (Å²) in [5.41, 5.74) is 1.88. The number of nitrogens with one attached hydrogen (secondary N) is 3. The van der Waals surface area contributed by atoms with Crippen LogP contribution < -0.4 is 16.0 Å². The lowest BCUT2D eigenvalue weighted by molar-refractivity contribution is -0.141. The number of aliphatic carboxylic acids is 1. The van der Waals surface area contributed by atoms with Crippen molar-refractivity contribution in [3.05, 3.63) is 71.8 Å². The molecule has 12 heteroatoms. The van der Waals surface area contributed by atoms with Gasteiger partial charge in [-0.25, -0.2) is 0 Å². The summed E-state index contributed by atoms with van der Waals surface area (Å²) in [6.07, 6.45) is 0.663. The van der Waals surface area contributed by atoms with Gasteiger partial charge in [0, 0.05) is 25.1 Å². The van der Waals surface area contributed by atoms with Gasteiger partial charge in [0.1, 0.15) is 24.2 Å². The van der Waals surface area contributed by atoms with Gasteiger partial charge in [-0.2, -0.15) is 0 Å². The fourth-order valence-corrected chi connectivity index (χ4v) is 5.54. The van der Waals surface area contributed by atoms with Gasteiger partial charge in [-0.3, -0.25) is 28.8 Å². The lowest BCUT2D eigenvalue weighted by Gasteiger charge is -2.29. The highest BCUT2D eigenvalue weighted by Crippen LogP contribution is 2.21. The normalized spacial score (nSPS) is 16.4. The van der Waals surface area contributed by atoms with Crippen molar-refractivity contribution < 1.29 is 33.9 Å². The molecule has 11 nitrogen and oxygen atoms in total. The average molecular weight is 611 g/mol. The van der Waals surface area contributed by atoms with Crippen LogP contribution in [0.4, 0.5) is 0 Å². The largest absolute Gasteiger partial charge is 0.481 e. The molecule has 43 heavy (non-hydrogen) atoms. The number of hydrogen-bond donors (Lipinski definition) is 4. The summed E-state index contributed by atoms with van der Waals surface area (Å²) in [5.74, 6) is -2.77. The van der Waals surface area contributed by atoms with Gasteiger partial charge in [0.05, 0.1) is 6.42 Å². The molecule has 0 spiro atoms. The molecule has 0 aromatic heterocycles. The van der Waals surface area contributed by atoms with Gasteiger partial charge in [-0.05, 0) is 37.8 Å². The molecule has 0 aliphatic carbocycles. The van der Waals surface area contributed by atoms with Crippen LogP contribution in [0.1, 0.15) is 50.7 Å². The third-order valence-electron chi connectivity index (χ3n) is 7.01. The lowest BCUT2D eigenvalue weighted by Crippen LogP contribution is -2.56. The highest BCUT2D eigenvalue weighted by Gasteiger charge is 2.38. The summed E-state index contributed by atoms with van der Waals surface area (Å²) >= 11 is 1.13. The second-order valence-corrected chi connectivity index (χ2v) is 11.4. The molecular formula is C31H38N4O7S. The van der Waals surface area contributed by atoms with E-state index in [-0.39, 0.29) is 18.0 Å². The van der Waals surface area contributed by atoms with E-state index in [2.05, 4.69) is 16.0 Å². The van der Waals surface area contributed by atoms with E-state index < -0.39 is 53.8 Å². The molecular weight excluding hydrogens is 572 g/mol. The van der Waals surface area contributed by atoms with Crippen LogP contribution in [0.2, 0.25) is 0 Å². The zero-order valence-corrected chi connectivity index (χ0v) is 25.1. The first-order valence-electron chi connectivity index (χ1n) is 14.2. The Morgan fingerprint density at radius 2 is 1.49 bits per heavy atom. The van der Waals surface area contributed by atoms with Gasteiger partial charge in [0.25, 0.3) is 0 Å². The Bertz CT molecular complexity index is 1290. The number of likely N-dealkylation sites (tertiary alicyclic amines) is 1. The van der Waals surface area contributed by atoms with Crippen LogP contribution in [0.15, 0.2) is 60.7 Å². The molecule has 1 fully saturated rings. The van der Waals surface area contributed by atoms with Crippen LogP contribution >= 0.6 is 11.8 Å². The third kappa shape index (κ3) is 10.5. The molecule has 3 rings (SSSR count). The number of thioether (sulfide) groups is 1. The van der Waals surface area contributed by atoms with E-state index in [1.165, 1.54) is 18.7 Å². The van der Waals surface area contributed by atoms with E-state index >= 15 is 0 Å². The Morgan fingerprint density at radius 3 is 2.12 bits per heavy atom. The SMILES string of the molecule is C[C@H](NC(=O)CCC(=O)O)C(=O)N[C@H](C)C(=O)N1CCC[C@@H]1C(=O)N[C@H](Cc1ccccc1)C(=O)SCc1ccccc1. The van der Waals surface area contributed by atoms with Crippen molar-refractivity contribution in [3.63, 3.8) is 0 Å². The minimum atomic E-state index is -1.13. The maximum absolute atomic E-state index is 13.5. The van der Waals surface area contributed by atoms with Gasteiger partial charge >= 0.3 is 5.97 Å². The molecule has 0 radical (unpaired) electrons. The second kappa shape index (κ2) is 16.4. The molecule has 0 bridgehead atoms. The fourth-order valence-electron chi connectivity index (χ4n) is 4.69. The average Bonchev–Trinajstić information content (AvgIpc) is 3.49. The van der Waals surface area contributed by atoms with Gasteiger partial charge in [0.2, 0.25) is 28.7 Å². The molecule has 1 saturated heterocycles. The Morgan fingerprint density at radius 1 is 0.860 bits per heavy atom. The first-order valence-corrected chi connectivity index (χ1v) is 15.2.